The zero-order valence-corrected chi connectivity index (χ0v) is 10.00. The van der Waals surface area contributed by atoms with Gasteiger partial charge in [-0.15, -0.1) is 0 Å². The Morgan fingerprint density at radius 2 is 1.76 bits per heavy atom. The summed E-state index contributed by atoms with van der Waals surface area (Å²) < 4.78 is 0. The van der Waals surface area contributed by atoms with Crippen LogP contribution >= 0.6 is 23.2 Å². The van der Waals surface area contributed by atoms with Crippen molar-refractivity contribution >= 4 is 28.9 Å². The highest BCUT2D eigenvalue weighted by Gasteiger charge is 2.08. The average Bonchev–Trinajstić information content (AvgIpc) is 2.33. The molecule has 0 bridgehead atoms. The van der Waals surface area contributed by atoms with E-state index in [4.69, 9.17) is 23.2 Å². The Bertz CT molecular complexity index is 584. The Labute approximate surface area is 108 Å². The molecule has 5 heteroatoms. The number of rotatable bonds is 2. The zero-order chi connectivity index (χ0) is 12.4. The number of benzene rings is 2. The van der Waals surface area contributed by atoms with Crippen molar-refractivity contribution in [1.82, 2.24) is 0 Å². The van der Waals surface area contributed by atoms with Crippen molar-refractivity contribution in [2.45, 2.75) is 0 Å². The number of halogens is 2. The Morgan fingerprint density at radius 1 is 1.06 bits per heavy atom. The molecule has 0 N–H and O–H groups in total. The molecule has 17 heavy (non-hydrogen) atoms. The number of non-ortho nitro benzene ring substituents is 1. The average molecular weight is 267 g/mol. The summed E-state index contributed by atoms with van der Waals surface area (Å²) in [5, 5.41) is 11.5. The molecule has 0 aliphatic heterocycles. The molecule has 2 aromatic carbocycles. The van der Waals surface area contributed by atoms with Gasteiger partial charge in [0.15, 0.2) is 0 Å². The summed E-state index contributed by atoms with van der Waals surface area (Å²) in [6, 6.07) is 12.3. The number of nitro benzene ring substituents is 1. The second kappa shape index (κ2) is 4.73. The lowest BCUT2D eigenvalue weighted by Gasteiger charge is -2.03. The smallest absolute Gasteiger partial charge is 0.258 e. The Morgan fingerprint density at radius 3 is 2.41 bits per heavy atom. The van der Waals surface area contributed by atoms with Crippen LogP contribution < -0.4 is 0 Å². The van der Waals surface area contributed by atoms with Gasteiger partial charge in [-0.2, -0.15) is 0 Å². The van der Waals surface area contributed by atoms with E-state index in [1.165, 1.54) is 12.1 Å². The van der Waals surface area contributed by atoms with Gasteiger partial charge in [0.2, 0.25) is 0 Å². The van der Waals surface area contributed by atoms with Crippen LogP contribution in [0.2, 0.25) is 10.0 Å². The molecule has 0 aliphatic carbocycles. The lowest BCUT2D eigenvalue weighted by Crippen LogP contribution is -1.88. The van der Waals surface area contributed by atoms with Crippen LogP contribution in [0.25, 0.3) is 11.1 Å². The number of hydrogen-bond donors (Lipinski definition) is 0. The van der Waals surface area contributed by atoms with Crippen molar-refractivity contribution in [3.63, 3.8) is 0 Å². The Balaban J connectivity index is 2.49. The molecular formula is C12H6Cl2NO2. The van der Waals surface area contributed by atoms with Crippen molar-refractivity contribution in [2.75, 3.05) is 0 Å². The van der Waals surface area contributed by atoms with Crippen molar-refractivity contribution in [1.29, 1.82) is 0 Å². The van der Waals surface area contributed by atoms with Crippen LogP contribution in [-0.2, 0) is 0 Å². The summed E-state index contributed by atoms with van der Waals surface area (Å²) in [6.45, 7) is 0. The third kappa shape index (κ3) is 2.57. The van der Waals surface area contributed by atoms with Gasteiger partial charge in [0.05, 0.1) is 21.0 Å². The topological polar surface area (TPSA) is 43.1 Å². The van der Waals surface area contributed by atoms with Crippen LogP contribution in [-0.4, -0.2) is 4.92 Å². The molecule has 0 aromatic heterocycles. The maximum Gasteiger partial charge on any atom is 0.278 e. The van der Waals surface area contributed by atoms with E-state index in [9.17, 15) is 10.1 Å². The first-order chi connectivity index (χ1) is 8.08. The highest BCUT2D eigenvalue weighted by atomic mass is 35.5. The summed E-state index contributed by atoms with van der Waals surface area (Å²) in [5.41, 5.74) is 1.40. The molecule has 0 atom stereocenters. The van der Waals surface area contributed by atoms with Crippen LogP contribution in [0.15, 0.2) is 36.4 Å². The summed E-state index contributed by atoms with van der Waals surface area (Å²) in [5.74, 6) is 0. The molecule has 0 saturated heterocycles. The molecule has 2 aromatic rings. The van der Waals surface area contributed by atoms with E-state index in [0.29, 0.717) is 15.6 Å². The highest BCUT2D eigenvalue weighted by Crippen LogP contribution is 2.29. The highest BCUT2D eigenvalue weighted by molar-refractivity contribution is 6.42. The predicted octanol–water partition coefficient (Wildman–Crippen LogP) is 4.37. The van der Waals surface area contributed by atoms with Gasteiger partial charge < -0.3 is 0 Å². The number of hydrogen-bond acceptors (Lipinski definition) is 2. The molecular weight excluding hydrogens is 261 g/mol. The molecule has 85 valence electrons. The fourth-order valence-corrected chi connectivity index (χ4v) is 1.71. The fraction of sp³-hybridized carbons (Fsp3) is 0. The van der Waals surface area contributed by atoms with Gasteiger partial charge >= 0.3 is 0 Å². The van der Waals surface area contributed by atoms with Crippen LogP contribution in [0, 0.1) is 16.2 Å². The number of nitro groups is 1. The summed E-state index contributed by atoms with van der Waals surface area (Å²) >= 11 is 11.7. The second-order valence-corrected chi connectivity index (χ2v) is 4.16. The van der Waals surface area contributed by atoms with E-state index in [-0.39, 0.29) is 5.69 Å². The molecule has 0 unspecified atom stereocenters. The van der Waals surface area contributed by atoms with Crippen molar-refractivity contribution in [3.05, 3.63) is 62.6 Å². The predicted molar refractivity (Wildman–Crippen MR) is 67.4 cm³/mol. The van der Waals surface area contributed by atoms with E-state index in [1.807, 2.05) is 0 Å². The third-order valence-electron chi connectivity index (χ3n) is 2.24. The van der Waals surface area contributed by atoms with Crippen LogP contribution in [0.5, 0.6) is 0 Å². The van der Waals surface area contributed by atoms with Crippen molar-refractivity contribution in [2.24, 2.45) is 0 Å². The maximum absolute atomic E-state index is 10.6. The molecule has 0 saturated carbocycles. The van der Waals surface area contributed by atoms with Gasteiger partial charge in [0.1, 0.15) is 0 Å². The maximum atomic E-state index is 10.6. The third-order valence-corrected chi connectivity index (χ3v) is 2.97. The lowest BCUT2D eigenvalue weighted by molar-refractivity contribution is -0.385. The normalized spacial score (nSPS) is 10.2. The summed E-state index contributed by atoms with van der Waals surface area (Å²) in [7, 11) is 0. The molecule has 2 rings (SSSR count). The van der Waals surface area contributed by atoms with Crippen molar-refractivity contribution < 1.29 is 4.92 Å². The molecule has 0 spiro atoms. The largest absolute Gasteiger partial charge is 0.278 e. The SMILES string of the molecule is O=[N+]([O-])c1[c]ccc(-c2ccc(Cl)c(Cl)c2)c1. The molecule has 0 amide bonds. The van der Waals surface area contributed by atoms with Gasteiger partial charge in [-0.1, -0.05) is 35.3 Å². The quantitative estimate of drug-likeness (QED) is 0.599. The first-order valence-corrected chi connectivity index (χ1v) is 5.45. The minimum Gasteiger partial charge on any atom is -0.258 e. The summed E-state index contributed by atoms with van der Waals surface area (Å²) in [4.78, 5) is 10.1. The zero-order valence-electron chi connectivity index (χ0n) is 8.48. The van der Waals surface area contributed by atoms with E-state index >= 15 is 0 Å². The van der Waals surface area contributed by atoms with Crippen LogP contribution in [0.4, 0.5) is 5.69 Å². The molecule has 0 heterocycles. The number of nitrogens with zero attached hydrogens (tertiary/aromatic N) is 1. The minimum absolute atomic E-state index is 0.0754. The van der Waals surface area contributed by atoms with E-state index < -0.39 is 4.92 Å². The van der Waals surface area contributed by atoms with Gasteiger partial charge in [0.25, 0.3) is 5.69 Å². The van der Waals surface area contributed by atoms with E-state index in [2.05, 4.69) is 6.07 Å². The Kier molecular flexibility index (Phi) is 3.31. The molecule has 0 aliphatic rings. The van der Waals surface area contributed by atoms with Gasteiger partial charge in [-0.3, -0.25) is 10.1 Å². The van der Waals surface area contributed by atoms with Crippen molar-refractivity contribution in [3.8, 4) is 11.1 Å². The van der Waals surface area contributed by atoms with Crippen LogP contribution in [0.3, 0.4) is 0 Å². The first-order valence-electron chi connectivity index (χ1n) is 4.69. The fourth-order valence-electron chi connectivity index (χ4n) is 1.41. The second-order valence-electron chi connectivity index (χ2n) is 3.35. The lowest BCUT2D eigenvalue weighted by atomic mass is 10.1. The Hall–Kier alpha value is -1.58. The monoisotopic (exact) mass is 266 g/mol. The summed E-state index contributed by atoms with van der Waals surface area (Å²) in [6.07, 6.45) is 0. The van der Waals surface area contributed by atoms with Gasteiger partial charge in [-0.25, -0.2) is 0 Å². The first kappa shape index (κ1) is 11.9. The molecule has 0 fully saturated rings. The van der Waals surface area contributed by atoms with Gasteiger partial charge in [-0.05, 0) is 29.3 Å². The van der Waals surface area contributed by atoms with Gasteiger partial charge in [0, 0.05) is 6.07 Å². The molecule has 1 radical (unpaired) electrons. The molecule has 3 nitrogen and oxygen atoms in total. The van der Waals surface area contributed by atoms with Crippen LogP contribution in [0.1, 0.15) is 0 Å². The van der Waals surface area contributed by atoms with E-state index in [0.717, 1.165) is 5.56 Å². The minimum atomic E-state index is -0.485. The standard InChI is InChI=1S/C12H6Cl2NO2/c13-11-5-4-9(7-12(11)14)8-2-1-3-10(6-8)15(16)17/h1-2,4-7H. The van der Waals surface area contributed by atoms with E-state index in [1.54, 1.807) is 24.3 Å².